The molecule has 3 heterocycles. The molecule has 260 valence electrons. The minimum Gasteiger partial charge on any atom is -0.492 e. The topological polar surface area (TPSA) is 219 Å². The predicted octanol–water partition coefficient (Wildman–Crippen LogP) is 2.19. The summed E-state index contributed by atoms with van der Waals surface area (Å²) >= 11 is 2.28. The molecule has 1 atom stereocenters. The quantitative estimate of drug-likeness (QED) is 0.111. The average Bonchev–Trinajstić information content (AvgIpc) is 3.82. The highest BCUT2D eigenvalue weighted by atomic mass is 32.2. The number of carbonyl (C=O) groups excluding carboxylic acids is 1. The van der Waals surface area contributed by atoms with E-state index in [4.69, 9.17) is 14.6 Å². The monoisotopic (exact) mass is 732 g/mol. The van der Waals surface area contributed by atoms with E-state index in [1.54, 1.807) is 29.1 Å². The predicted molar refractivity (Wildman–Crippen MR) is 177 cm³/mol. The zero-order valence-electron chi connectivity index (χ0n) is 25.8. The van der Waals surface area contributed by atoms with Gasteiger partial charge in [-0.1, -0.05) is 22.6 Å². The van der Waals surface area contributed by atoms with Gasteiger partial charge >= 0.3 is 5.97 Å². The molecule has 0 bridgehead atoms. The molecule has 0 aliphatic carbocycles. The van der Waals surface area contributed by atoms with Gasteiger partial charge in [0.05, 0.1) is 35.3 Å². The fraction of sp³-hybridized carbons (Fsp3) is 0.345. The molecule has 16 nitrogen and oxygen atoms in total. The maximum atomic E-state index is 12.6. The van der Waals surface area contributed by atoms with E-state index in [1.165, 1.54) is 22.6 Å². The van der Waals surface area contributed by atoms with E-state index >= 15 is 0 Å². The van der Waals surface area contributed by atoms with Gasteiger partial charge in [0, 0.05) is 17.7 Å². The van der Waals surface area contributed by atoms with Crippen molar-refractivity contribution in [2.24, 2.45) is 5.14 Å². The molecule has 0 unspecified atom stereocenters. The number of rotatable bonds is 19. The molecule has 0 saturated carbocycles. The van der Waals surface area contributed by atoms with E-state index < -0.39 is 34.6 Å². The number of carboxylic acid groups (broad SMARTS) is 1. The van der Waals surface area contributed by atoms with Crippen LogP contribution in [0.15, 0.2) is 59.2 Å². The lowest BCUT2D eigenvalue weighted by Gasteiger charge is -2.14. The van der Waals surface area contributed by atoms with Crippen LogP contribution in [0.2, 0.25) is 0 Å². The molecule has 5 aromatic rings. The molecular formula is C29H32FN9O7S3. The number of sulfonamides is 1. The van der Waals surface area contributed by atoms with Gasteiger partial charge in [-0.2, -0.15) is 11.8 Å². The van der Waals surface area contributed by atoms with Gasteiger partial charge in [-0.05, 0) is 48.7 Å². The Kier molecular flexibility index (Phi) is 12.1. The summed E-state index contributed by atoms with van der Waals surface area (Å²) in [5.41, 5.74) is 2.54. The zero-order chi connectivity index (χ0) is 34.8. The van der Waals surface area contributed by atoms with Gasteiger partial charge in [0.2, 0.25) is 10.2 Å². The SMILES string of the molecule is NS(=O)(=O)c1nc2ccc(OCc3cn(CC(=O)N[C@H](CSCc4cccc(OCCn5cc(CCC[18F])nn5)c4)C(=O)O)nn3)cc2s1. The van der Waals surface area contributed by atoms with E-state index in [-0.39, 0.29) is 23.2 Å². The molecule has 0 saturated heterocycles. The summed E-state index contributed by atoms with van der Waals surface area (Å²) in [5, 5.41) is 33.3. The van der Waals surface area contributed by atoms with Crippen LogP contribution in [0.4, 0.5) is 4.39 Å². The Hall–Kier alpha value is -4.66. The van der Waals surface area contributed by atoms with E-state index in [9.17, 15) is 27.5 Å². The number of halogens is 1. The van der Waals surface area contributed by atoms with Crippen LogP contribution in [0.1, 0.15) is 23.4 Å². The van der Waals surface area contributed by atoms with Crippen molar-refractivity contribution in [1.29, 1.82) is 0 Å². The Morgan fingerprint density at radius 2 is 1.84 bits per heavy atom. The molecule has 0 aliphatic heterocycles. The van der Waals surface area contributed by atoms with Gasteiger partial charge < -0.3 is 19.9 Å². The van der Waals surface area contributed by atoms with Crippen LogP contribution < -0.4 is 19.9 Å². The number of aromatic nitrogens is 7. The van der Waals surface area contributed by atoms with Gasteiger partial charge in [0.25, 0.3) is 10.0 Å². The molecular weight excluding hydrogens is 701 g/mol. The van der Waals surface area contributed by atoms with E-state index in [0.717, 1.165) is 22.6 Å². The van der Waals surface area contributed by atoms with E-state index in [1.807, 2.05) is 24.3 Å². The number of nitrogens with one attached hydrogen (secondary N) is 1. The van der Waals surface area contributed by atoms with Gasteiger partial charge in [0.1, 0.15) is 43.0 Å². The third-order valence-electron chi connectivity index (χ3n) is 6.69. The second kappa shape index (κ2) is 16.6. The standard InChI is InChI=1S/C29H32FN9O7S3/c30-8-2-4-20-13-38(36-34-20)9-10-45-22-5-1-3-19(11-22)17-47-18-25(28(41)42)32-27(40)15-39-14-21(35-37-39)16-46-23-6-7-24-26(12-23)48-29(33-24)49(31,43)44/h1,3,5-7,11-14,25H,2,4,8-10,15-18H2,(H,32,40)(H,41,42)(H2,31,43,44)/t25-/m1/s1/i30-1. The molecule has 49 heavy (non-hydrogen) atoms. The summed E-state index contributed by atoms with van der Waals surface area (Å²) in [4.78, 5) is 28.5. The lowest BCUT2D eigenvalue weighted by Crippen LogP contribution is -2.44. The number of thioether (sulfide) groups is 1. The van der Waals surface area contributed by atoms with Crippen LogP contribution in [0.25, 0.3) is 10.2 Å². The molecule has 5 rings (SSSR count). The molecule has 0 spiro atoms. The number of alkyl halides is 1. The molecule has 0 radical (unpaired) electrons. The van der Waals surface area contributed by atoms with Crippen molar-refractivity contribution in [3.63, 3.8) is 0 Å². The van der Waals surface area contributed by atoms with Crippen LogP contribution in [0, 0.1) is 0 Å². The number of aliphatic carboxylic acids is 1. The third kappa shape index (κ3) is 10.7. The van der Waals surface area contributed by atoms with Gasteiger partial charge in [0.15, 0.2) is 0 Å². The van der Waals surface area contributed by atoms with Crippen LogP contribution in [0.5, 0.6) is 11.5 Å². The van der Waals surface area contributed by atoms with E-state index in [2.05, 4.69) is 30.9 Å². The number of nitrogens with zero attached hydrogens (tertiary/aromatic N) is 7. The average molecular weight is 733 g/mol. The van der Waals surface area contributed by atoms with Crippen LogP contribution in [-0.4, -0.2) is 85.4 Å². The number of hydrogen-bond acceptors (Lipinski definition) is 13. The normalized spacial score (nSPS) is 12.2. The maximum Gasteiger partial charge on any atom is 0.327 e. The first kappa shape index (κ1) is 35.6. The number of ether oxygens (including phenoxy) is 2. The summed E-state index contributed by atoms with van der Waals surface area (Å²) in [7, 11) is -3.92. The van der Waals surface area contributed by atoms with Crippen molar-refractivity contribution in [2.75, 3.05) is 19.0 Å². The fourth-order valence-electron chi connectivity index (χ4n) is 4.38. The summed E-state index contributed by atoms with van der Waals surface area (Å²) in [6.45, 7) is 0.194. The second-order valence-corrected chi connectivity index (χ2v) is 14.4. The van der Waals surface area contributed by atoms with Crippen molar-refractivity contribution in [2.45, 2.75) is 48.7 Å². The first-order valence-electron chi connectivity index (χ1n) is 14.8. The Bertz CT molecular complexity index is 2000. The number of nitrogens with two attached hydrogens (primary N) is 1. The molecule has 4 N–H and O–H groups in total. The molecule has 20 heteroatoms. The van der Waals surface area contributed by atoms with Crippen molar-refractivity contribution < 1.29 is 37.0 Å². The molecule has 0 aliphatic rings. The Balaban J connectivity index is 1.04. The second-order valence-electron chi connectivity index (χ2n) is 10.6. The lowest BCUT2D eigenvalue weighted by molar-refractivity contribution is -0.141. The fourth-order valence-corrected chi connectivity index (χ4v) is 7.06. The number of hydrogen-bond donors (Lipinski definition) is 3. The van der Waals surface area contributed by atoms with Crippen LogP contribution >= 0.6 is 23.1 Å². The van der Waals surface area contributed by atoms with Gasteiger partial charge in [-0.25, -0.2) is 32.7 Å². The maximum absolute atomic E-state index is 12.6. The lowest BCUT2D eigenvalue weighted by atomic mass is 10.2. The largest absolute Gasteiger partial charge is 0.492 e. The highest BCUT2D eigenvalue weighted by Crippen LogP contribution is 2.28. The number of amides is 1. The molecule has 3 aromatic heterocycles. The first-order valence-corrected chi connectivity index (χ1v) is 18.3. The minimum atomic E-state index is -3.92. The van der Waals surface area contributed by atoms with Crippen molar-refractivity contribution in [1.82, 2.24) is 40.3 Å². The number of primary sulfonamides is 1. The van der Waals surface area contributed by atoms with Gasteiger partial charge in [-0.15, -0.1) is 21.5 Å². The number of thiazole rings is 1. The molecule has 2 aromatic carbocycles. The first-order chi connectivity index (χ1) is 23.6. The summed E-state index contributed by atoms with van der Waals surface area (Å²) in [6, 6.07) is 11.2. The van der Waals surface area contributed by atoms with Crippen LogP contribution in [0.3, 0.4) is 0 Å². The molecule has 1 amide bonds. The third-order valence-corrected chi connectivity index (χ3v) is 10.1. The zero-order valence-corrected chi connectivity index (χ0v) is 28.3. The summed E-state index contributed by atoms with van der Waals surface area (Å²) in [6.07, 6.45) is 4.22. The highest BCUT2D eigenvalue weighted by Gasteiger charge is 2.21. The number of benzene rings is 2. The number of carbonyl (C=O) groups is 2. The van der Waals surface area contributed by atoms with Crippen molar-refractivity contribution in [3.8, 4) is 11.5 Å². The van der Waals surface area contributed by atoms with E-state index in [0.29, 0.717) is 59.2 Å². The Morgan fingerprint density at radius 3 is 2.63 bits per heavy atom. The van der Waals surface area contributed by atoms with Crippen molar-refractivity contribution >= 4 is 55.2 Å². The van der Waals surface area contributed by atoms with Gasteiger partial charge in [-0.3, -0.25) is 9.18 Å². The number of carboxylic acids is 1. The summed E-state index contributed by atoms with van der Waals surface area (Å²) < 4.78 is 50.3. The minimum absolute atomic E-state index is 0.0138. The number of fused-ring (bicyclic) bond motifs is 1. The smallest absolute Gasteiger partial charge is 0.327 e. The molecule has 0 fully saturated rings. The Morgan fingerprint density at radius 1 is 1.06 bits per heavy atom. The number of aryl methyl sites for hydroxylation is 1. The Labute approximate surface area is 287 Å². The van der Waals surface area contributed by atoms with Crippen molar-refractivity contribution in [3.05, 3.63) is 71.8 Å². The summed E-state index contributed by atoms with van der Waals surface area (Å²) in [5.74, 6) is -0.00770. The highest BCUT2D eigenvalue weighted by molar-refractivity contribution is 7.98. The van der Waals surface area contributed by atoms with Crippen LogP contribution in [-0.2, 0) is 51.5 Å².